The second-order valence-electron chi connectivity index (χ2n) is 10.4. The van der Waals surface area contributed by atoms with E-state index in [1.54, 1.807) is 6.92 Å². The Bertz CT molecular complexity index is 598. The Balaban J connectivity index is 4.75. The van der Waals surface area contributed by atoms with E-state index in [4.69, 9.17) is 9.47 Å². The van der Waals surface area contributed by atoms with Crippen LogP contribution < -0.4 is 0 Å². The van der Waals surface area contributed by atoms with Gasteiger partial charge < -0.3 is 14.3 Å². The predicted octanol–water partition coefficient (Wildman–Crippen LogP) is 8.39. The zero-order chi connectivity index (χ0) is 27.0. The van der Waals surface area contributed by atoms with Gasteiger partial charge >= 0.3 is 11.9 Å². The predicted molar refractivity (Wildman–Crippen MR) is 149 cm³/mol. The zero-order valence-electron chi connectivity index (χ0n) is 24.2. The van der Waals surface area contributed by atoms with E-state index in [9.17, 15) is 14.4 Å². The number of ketones is 1. The van der Waals surface area contributed by atoms with Gasteiger partial charge in [-0.15, -0.1) is 0 Å². The van der Waals surface area contributed by atoms with Crippen molar-refractivity contribution in [2.45, 2.75) is 137 Å². The average molecular weight is 509 g/mol. The van der Waals surface area contributed by atoms with E-state index in [0.717, 1.165) is 83.5 Å². The molecular weight excluding hydrogens is 452 g/mol. The Morgan fingerprint density at radius 2 is 1.31 bits per heavy atom. The van der Waals surface area contributed by atoms with Crippen LogP contribution in [0.5, 0.6) is 0 Å². The number of carbonyl (C=O) groups excluding carboxylic acids is 3. The molecule has 0 aliphatic heterocycles. The highest BCUT2D eigenvalue weighted by molar-refractivity contribution is 5.80. The Morgan fingerprint density at radius 3 is 1.86 bits per heavy atom. The molecule has 0 radical (unpaired) electrons. The smallest absolute Gasteiger partial charge is 0.309 e. The fourth-order valence-electron chi connectivity index (χ4n) is 4.22. The average Bonchev–Trinajstić information content (AvgIpc) is 2.86. The molecule has 0 saturated heterocycles. The monoisotopic (exact) mass is 508 g/mol. The van der Waals surface area contributed by atoms with Gasteiger partial charge in [0.1, 0.15) is 5.78 Å². The van der Waals surface area contributed by atoms with Crippen LogP contribution in [-0.4, -0.2) is 30.9 Å². The fourth-order valence-corrected chi connectivity index (χ4v) is 4.22. The molecule has 0 amide bonds. The first-order valence-electron chi connectivity index (χ1n) is 14.8. The number of esters is 2. The third kappa shape index (κ3) is 19.5. The SMILES string of the molecule is CCCCC(CC)COC(=O)CC(C/C=C/CCCCCCC(C)=O)C(=O)OCC(CC)CCCC. The molecule has 0 aromatic heterocycles. The molecule has 5 heteroatoms. The van der Waals surface area contributed by atoms with Gasteiger partial charge in [0.05, 0.1) is 25.6 Å². The van der Waals surface area contributed by atoms with Gasteiger partial charge in [0.2, 0.25) is 0 Å². The number of ether oxygens (including phenoxy) is 2. The lowest BCUT2D eigenvalue weighted by Gasteiger charge is -2.19. The van der Waals surface area contributed by atoms with Gasteiger partial charge in [-0.2, -0.15) is 0 Å². The van der Waals surface area contributed by atoms with Crippen molar-refractivity contribution in [2.24, 2.45) is 17.8 Å². The zero-order valence-corrected chi connectivity index (χ0v) is 24.2. The molecule has 0 bridgehead atoms. The molecule has 0 spiro atoms. The van der Waals surface area contributed by atoms with Crippen molar-refractivity contribution in [3.8, 4) is 0 Å². The number of hydrogen-bond donors (Lipinski definition) is 0. The quantitative estimate of drug-likeness (QED) is 0.0744. The van der Waals surface area contributed by atoms with Crippen LogP contribution in [0.3, 0.4) is 0 Å². The third-order valence-corrected chi connectivity index (χ3v) is 7.01. The largest absolute Gasteiger partial charge is 0.465 e. The number of allylic oxidation sites excluding steroid dienone is 2. The second-order valence-corrected chi connectivity index (χ2v) is 10.4. The highest BCUT2D eigenvalue weighted by Gasteiger charge is 2.24. The van der Waals surface area contributed by atoms with Crippen molar-refractivity contribution >= 4 is 17.7 Å². The lowest BCUT2D eigenvalue weighted by molar-refractivity contribution is -0.156. The number of rotatable bonds is 24. The van der Waals surface area contributed by atoms with Crippen LogP contribution in [-0.2, 0) is 23.9 Å². The minimum atomic E-state index is -0.497. The number of hydrogen-bond acceptors (Lipinski definition) is 5. The molecule has 0 rings (SSSR count). The second kappa shape index (κ2) is 23.7. The molecular formula is C31H56O5. The Kier molecular flexibility index (Phi) is 22.6. The standard InChI is InChI=1S/C31H56O5/c1-6-10-20-27(8-3)24-35-30(33)23-29(31(34)36-25-28(9-4)21-11-7-2)22-18-16-14-12-13-15-17-19-26(5)32/h16,18,27-29H,6-15,17,19-25H2,1-5H3/b18-16+. The maximum atomic E-state index is 12.9. The summed E-state index contributed by atoms with van der Waals surface area (Å²) in [6.07, 6.45) is 19.2. The molecule has 0 aromatic rings. The summed E-state index contributed by atoms with van der Waals surface area (Å²) in [5.41, 5.74) is 0. The Morgan fingerprint density at radius 1 is 0.722 bits per heavy atom. The maximum absolute atomic E-state index is 12.9. The van der Waals surface area contributed by atoms with E-state index in [1.165, 1.54) is 0 Å². The van der Waals surface area contributed by atoms with Crippen LogP contribution in [0.1, 0.15) is 137 Å². The molecule has 210 valence electrons. The van der Waals surface area contributed by atoms with E-state index in [1.807, 2.05) is 6.08 Å². The first-order valence-corrected chi connectivity index (χ1v) is 14.8. The normalized spacial score (nSPS) is 13.9. The number of Topliss-reactive ketones (excluding diaryl/α,β-unsaturated/α-hetero) is 1. The van der Waals surface area contributed by atoms with Crippen LogP contribution in [0.4, 0.5) is 0 Å². The molecule has 0 aliphatic carbocycles. The summed E-state index contributed by atoms with van der Waals surface area (Å²) in [6.45, 7) is 11.1. The van der Waals surface area contributed by atoms with Crippen molar-refractivity contribution in [3.63, 3.8) is 0 Å². The minimum absolute atomic E-state index is 0.0736. The molecule has 0 N–H and O–H groups in total. The van der Waals surface area contributed by atoms with E-state index in [-0.39, 0.29) is 24.1 Å². The minimum Gasteiger partial charge on any atom is -0.465 e. The number of unbranched alkanes of at least 4 members (excludes halogenated alkanes) is 6. The van der Waals surface area contributed by atoms with Crippen molar-refractivity contribution in [2.75, 3.05) is 13.2 Å². The Labute approximate surface area is 222 Å². The highest BCUT2D eigenvalue weighted by Crippen LogP contribution is 2.19. The molecule has 5 nitrogen and oxygen atoms in total. The van der Waals surface area contributed by atoms with Gasteiger partial charge in [-0.05, 0) is 57.3 Å². The molecule has 0 fully saturated rings. The van der Waals surface area contributed by atoms with Crippen molar-refractivity contribution in [1.29, 1.82) is 0 Å². The van der Waals surface area contributed by atoms with Crippen LogP contribution in [0.2, 0.25) is 0 Å². The van der Waals surface area contributed by atoms with Crippen molar-refractivity contribution in [1.82, 2.24) is 0 Å². The molecule has 0 saturated carbocycles. The van der Waals surface area contributed by atoms with Gasteiger partial charge in [-0.3, -0.25) is 9.59 Å². The molecule has 3 atom stereocenters. The molecule has 3 unspecified atom stereocenters. The maximum Gasteiger partial charge on any atom is 0.309 e. The summed E-state index contributed by atoms with van der Waals surface area (Å²) < 4.78 is 11.3. The summed E-state index contributed by atoms with van der Waals surface area (Å²) in [6, 6.07) is 0. The molecule has 0 heterocycles. The van der Waals surface area contributed by atoms with E-state index in [2.05, 4.69) is 33.8 Å². The fraction of sp³-hybridized carbons (Fsp3) is 0.839. The third-order valence-electron chi connectivity index (χ3n) is 7.01. The van der Waals surface area contributed by atoms with E-state index >= 15 is 0 Å². The lowest BCUT2D eigenvalue weighted by atomic mass is 9.99. The number of carbonyl (C=O) groups is 3. The van der Waals surface area contributed by atoms with Gasteiger partial charge in [0, 0.05) is 6.42 Å². The summed E-state index contributed by atoms with van der Waals surface area (Å²) in [4.78, 5) is 36.5. The molecule has 36 heavy (non-hydrogen) atoms. The molecule has 0 aliphatic rings. The van der Waals surface area contributed by atoms with Crippen LogP contribution in [0, 0.1) is 17.8 Å². The van der Waals surface area contributed by atoms with E-state index < -0.39 is 5.92 Å². The summed E-state index contributed by atoms with van der Waals surface area (Å²) in [7, 11) is 0. The topological polar surface area (TPSA) is 69.7 Å². The van der Waals surface area contributed by atoms with Gasteiger partial charge in [-0.1, -0.05) is 91.2 Å². The van der Waals surface area contributed by atoms with Gasteiger partial charge in [0.15, 0.2) is 0 Å². The van der Waals surface area contributed by atoms with Crippen LogP contribution in [0.25, 0.3) is 0 Å². The van der Waals surface area contributed by atoms with Crippen LogP contribution in [0.15, 0.2) is 12.2 Å². The van der Waals surface area contributed by atoms with Gasteiger partial charge in [-0.25, -0.2) is 0 Å². The Hall–Kier alpha value is -1.65. The lowest BCUT2D eigenvalue weighted by Crippen LogP contribution is -2.25. The summed E-state index contributed by atoms with van der Waals surface area (Å²) in [5, 5.41) is 0. The van der Waals surface area contributed by atoms with Crippen LogP contribution >= 0.6 is 0 Å². The van der Waals surface area contributed by atoms with E-state index in [0.29, 0.717) is 37.9 Å². The summed E-state index contributed by atoms with van der Waals surface area (Å²) in [5.74, 6) is -0.0584. The van der Waals surface area contributed by atoms with Gasteiger partial charge in [0.25, 0.3) is 0 Å². The van der Waals surface area contributed by atoms with Crippen molar-refractivity contribution < 1.29 is 23.9 Å². The highest BCUT2D eigenvalue weighted by atomic mass is 16.5. The first-order chi connectivity index (χ1) is 17.4. The first kappa shape index (κ1) is 34.4. The summed E-state index contributed by atoms with van der Waals surface area (Å²) >= 11 is 0. The molecule has 0 aromatic carbocycles. The van der Waals surface area contributed by atoms with Crippen molar-refractivity contribution in [3.05, 3.63) is 12.2 Å².